The molecule has 1 aliphatic heterocycles. The van der Waals surface area contributed by atoms with Crippen LogP contribution in [-0.4, -0.2) is 42.3 Å². The molecule has 1 aromatic rings. The standard InChI is InChI=1S/C16H20N2O6/c1-3-9(2)14(16(21)22)18-13(19)7-17-15(20)10-4-5-11-12(6-10)24-8-23-11/h4-6,9,14H,3,7-8H2,1-2H3,(H,17,20)(H,18,19)(H,21,22)/t9-,14-/m0/s1. The van der Waals surface area contributed by atoms with Gasteiger partial charge in [0.05, 0.1) is 6.54 Å². The summed E-state index contributed by atoms with van der Waals surface area (Å²) in [5.74, 6) is -1.30. The van der Waals surface area contributed by atoms with Gasteiger partial charge in [-0.3, -0.25) is 9.59 Å². The fourth-order valence-electron chi connectivity index (χ4n) is 2.21. The molecule has 1 aliphatic rings. The van der Waals surface area contributed by atoms with E-state index < -0.39 is 23.8 Å². The van der Waals surface area contributed by atoms with Crippen LogP contribution in [0.25, 0.3) is 0 Å². The minimum atomic E-state index is -1.10. The molecule has 0 saturated carbocycles. The number of hydrogen-bond donors (Lipinski definition) is 3. The highest BCUT2D eigenvalue weighted by molar-refractivity contribution is 5.97. The molecule has 0 unspecified atom stereocenters. The molecule has 130 valence electrons. The molecule has 0 spiro atoms. The second kappa shape index (κ2) is 7.67. The number of carbonyl (C=O) groups excluding carboxylic acids is 2. The molecule has 8 heteroatoms. The molecule has 0 bridgehead atoms. The summed E-state index contributed by atoms with van der Waals surface area (Å²) >= 11 is 0. The number of fused-ring (bicyclic) bond motifs is 1. The lowest BCUT2D eigenvalue weighted by atomic mass is 9.99. The lowest BCUT2D eigenvalue weighted by Crippen LogP contribution is -2.48. The summed E-state index contributed by atoms with van der Waals surface area (Å²) in [5.41, 5.74) is 0.323. The average molecular weight is 336 g/mol. The van der Waals surface area contributed by atoms with Gasteiger partial charge in [0.1, 0.15) is 6.04 Å². The van der Waals surface area contributed by atoms with Crippen molar-refractivity contribution < 1.29 is 29.0 Å². The van der Waals surface area contributed by atoms with Gasteiger partial charge >= 0.3 is 5.97 Å². The van der Waals surface area contributed by atoms with Crippen LogP contribution in [0.4, 0.5) is 0 Å². The van der Waals surface area contributed by atoms with Gasteiger partial charge < -0.3 is 25.2 Å². The highest BCUT2D eigenvalue weighted by atomic mass is 16.7. The topological polar surface area (TPSA) is 114 Å². The largest absolute Gasteiger partial charge is 0.480 e. The van der Waals surface area contributed by atoms with Crippen molar-refractivity contribution in [2.75, 3.05) is 13.3 Å². The van der Waals surface area contributed by atoms with Gasteiger partial charge in [0.25, 0.3) is 5.91 Å². The number of rotatable bonds is 7. The second-order valence-electron chi connectivity index (χ2n) is 5.52. The maximum absolute atomic E-state index is 12.1. The molecule has 0 saturated heterocycles. The summed E-state index contributed by atoms with van der Waals surface area (Å²) in [6, 6.07) is 3.71. The summed E-state index contributed by atoms with van der Waals surface area (Å²) in [4.78, 5) is 35.1. The highest BCUT2D eigenvalue weighted by Gasteiger charge is 2.25. The molecule has 0 radical (unpaired) electrons. The average Bonchev–Trinajstić information content (AvgIpc) is 3.04. The monoisotopic (exact) mass is 336 g/mol. The number of carboxylic acids is 1. The van der Waals surface area contributed by atoms with E-state index in [2.05, 4.69) is 10.6 Å². The molecule has 24 heavy (non-hydrogen) atoms. The first kappa shape index (κ1) is 17.6. The first-order valence-corrected chi connectivity index (χ1v) is 7.62. The van der Waals surface area contributed by atoms with Gasteiger partial charge in [-0.2, -0.15) is 0 Å². The van der Waals surface area contributed by atoms with Gasteiger partial charge in [-0.25, -0.2) is 4.79 Å². The summed E-state index contributed by atoms with van der Waals surface area (Å²) in [5, 5.41) is 14.0. The maximum Gasteiger partial charge on any atom is 0.326 e. The fourth-order valence-corrected chi connectivity index (χ4v) is 2.21. The summed E-state index contributed by atoms with van der Waals surface area (Å²) in [6.07, 6.45) is 0.612. The number of carboxylic acid groups (broad SMARTS) is 1. The minimum absolute atomic E-state index is 0.106. The Hall–Kier alpha value is -2.77. The number of benzene rings is 1. The van der Waals surface area contributed by atoms with Crippen LogP contribution in [0.1, 0.15) is 30.6 Å². The zero-order valence-corrected chi connectivity index (χ0v) is 13.5. The van der Waals surface area contributed by atoms with E-state index in [9.17, 15) is 14.4 Å². The van der Waals surface area contributed by atoms with Crippen molar-refractivity contribution in [2.24, 2.45) is 5.92 Å². The van der Waals surface area contributed by atoms with Crippen LogP contribution in [0.15, 0.2) is 18.2 Å². The van der Waals surface area contributed by atoms with Crippen LogP contribution in [0.2, 0.25) is 0 Å². The molecule has 2 amide bonds. The lowest BCUT2D eigenvalue weighted by Gasteiger charge is -2.20. The predicted molar refractivity (Wildman–Crippen MR) is 83.9 cm³/mol. The normalized spacial score (nSPS) is 14.6. The van der Waals surface area contributed by atoms with Gasteiger partial charge in [0, 0.05) is 5.56 Å². The Labute approximate surface area is 139 Å². The minimum Gasteiger partial charge on any atom is -0.480 e. The van der Waals surface area contributed by atoms with Crippen molar-refractivity contribution in [1.29, 1.82) is 0 Å². The summed E-state index contributed by atoms with van der Waals surface area (Å²) < 4.78 is 10.3. The molecule has 2 rings (SSSR count). The number of carbonyl (C=O) groups is 3. The predicted octanol–water partition coefficient (Wildman–Crippen LogP) is 0.761. The first-order valence-electron chi connectivity index (χ1n) is 7.62. The zero-order chi connectivity index (χ0) is 17.7. The number of amides is 2. The van der Waals surface area contributed by atoms with E-state index in [1.807, 2.05) is 6.92 Å². The molecule has 1 aromatic carbocycles. The number of ether oxygens (including phenoxy) is 2. The smallest absolute Gasteiger partial charge is 0.326 e. The molecular weight excluding hydrogens is 316 g/mol. The SMILES string of the molecule is CC[C@H](C)[C@H](NC(=O)CNC(=O)c1ccc2c(c1)OCO2)C(=O)O. The van der Waals surface area contributed by atoms with Crippen LogP contribution < -0.4 is 20.1 Å². The van der Waals surface area contributed by atoms with Crippen LogP contribution >= 0.6 is 0 Å². The van der Waals surface area contributed by atoms with E-state index in [1.54, 1.807) is 19.1 Å². The number of nitrogens with one attached hydrogen (secondary N) is 2. The van der Waals surface area contributed by atoms with Crippen molar-refractivity contribution in [3.05, 3.63) is 23.8 Å². The van der Waals surface area contributed by atoms with Crippen molar-refractivity contribution in [3.8, 4) is 11.5 Å². The lowest BCUT2D eigenvalue weighted by molar-refractivity contribution is -0.143. The van der Waals surface area contributed by atoms with Crippen LogP contribution in [-0.2, 0) is 9.59 Å². The Morgan fingerprint density at radius 2 is 1.96 bits per heavy atom. The van der Waals surface area contributed by atoms with Gasteiger partial charge in [0.2, 0.25) is 12.7 Å². The van der Waals surface area contributed by atoms with Crippen molar-refractivity contribution in [2.45, 2.75) is 26.3 Å². The van der Waals surface area contributed by atoms with Gasteiger partial charge in [-0.05, 0) is 24.1 Å². The number of aliphatic carboxylic acids is 1. The first-order chi connectivity index (χ1) is 11.4. The van der Waals surface area contributed by atoms with E-state index in [1.165, 1.54) is 6.07 Å². The molecule has 8 nitrogen and oxygen atoms in total. The molecular formula is C16H20N2O6. The van der Waals surface area contributed by atoms with Crippen molar-refractivity contribution in [1.82, 2.24) is 10.6 Å². The van der Waals surface area contributed by atoms with E-state index in [4.69, 9.17) is 14.6 Å². The van der Waals surface area contributed by atoms with Crippen molar-refractivity contribution in [3.63, 3.8) is 0 Å². The third-order valence-electron chi connectivity index (χ3n) is 3.84. The van der Waals surface area contributed by atoms with Gasteiger partial charge in [-0.1, -0.05) is 20.3 Å². The van der Waals surface area contributed by atoms with E-state index in [-0.39, 0.29) is 19.3 Å². The van der Waals surface area contributed by atoms with Crippen LogP contribution in [0.5, 0.6) is 11.5 Å². The van der Waals surface area contributed by atoms with E-state index >= 15 is 0 Å². The highest BCUT2D eigenvalue weighted by Crippen LogP contribution is 2.32. The molecule has 3 N–H and O–H groups in total. The quantitative estimate of drug-likeness (QED) is 0.677. The maximum atomic E-state index is 12.1. The van der Waals surface area contributed by atoms with E-state index in [0.29, 0.717) is 23.5 Å². The second-order valence-corrected chi connectivity index (χ2v) is 5.52. The number of hydrogen-bond acceptors (Lipinski definition) is 5. The molecule has 0 aliphatic carbocycles. The van der Waals surface area contributed by atoms with Gasteiger partial charge in [-0.15, -0.1) is 0 Å². The summed E-state index contributed by atoms with van der Waals surface area (Å²) in [6.45, 7) is 3.38. The molecule has 0 aromatic heterocycles. The molecule has 1 heterocycles. The fraction of sp³-hybridized carbons (Fsp3) is 0.438. The third-order valence-corrected chi connectivity index (χ3v) is 3.84. The van der Waals surface area contributed by atoms with Crippen LogP contribution in [0, 0.1) is 5.92 Å². The van der Waals surface area contributed by atoms with Gasteiger partial charge in [0.15, 0.2) is 11.5 Å². The Morgan fingerprint density at radius 3 is 2.62 bits per heavy atom. The molecule has 0 fully saturated rings. The summed E-state index contributed by atoms with van der Waals surface area (Å²) in [7, 11) is 0. The third kappa shape index (κ3) is 4.15. The zero-order valence-electron chi connectivity index (χ0n) is 13.5. The Morgan fingerprint density at radius 1 is 1.25 bits per heavy atom. The van der Waals surface area contributed by atoms with Crippen LogP contribution in [0.3, 0.4) is 0 Å². The Bertz CT molecular complexity index is 645. The van der Waals surface area contributed by atoms with Crippen molar-refractivity contribution >= 4 is 17.8 Å². The van der Waals surface area contributed by atoms with E-state index in [0.717, 1.165) is 0 Å². The molecule has 2 atom stereocenters. The Balaban J connectivity index is 1.89. The Kier molecular flexibility index (Phi) is 5.62.